The Morgan fingerprint density at radius 3 is 2.89 bits per heavy atom. The highest BCUT2D eigenvalue weighted by molar-refractivity contribution is 14.1. The summed E-state index contributed by atoms with van der Waals surface area (Å²) < 4.78 is 36.0. The fraction of sp³-hybridized carbons (Fsp3) is 0.400. The quantitative estimate of drug-likeness (QED) is 0.463. The SMILES string of the molecule is O=S(=O)(NCCCCI)c1cccc2c1N=S=N2. The number of hydrogen-bond donors (Lipinski definition) is 1. The van der Waals surface area contributed by atoms with E-state index in [1.54, 1.807) is 18.2 Å². The van der Waals surface area contributed by atoms with Crippen LogP contribution in [0.25, 0.3) is 0 Å². The predicted octanol–water partition coefficient (Wildman–Crippen LogP) is 2.91. The summed E-state index contributed by atoms with van der Waals surface area (Å²) in [4.78, 5) is 0.211. The lowest BCUT2D eigenvalue weighted by Gasteiger charge is -2.08. The highest BCUT2D eigenvalue weighted by Crippen LogP contribution is 2.37. The highest BCUT2D eigenvalue weighted by atomic mass is 127. The third kappa shape index (κ3) is 3.16. The topological polar surface area (TPSA) is 70.9 Å². The molecule has 1 aromatic rings. The second-order valence-electron chi connectivity index (χ2n) is 3.68. The first-order valence-corrected chi connectivity index (χ1v) is 9.16. The maximum absolute atomic E-state index is 12.1. The van der Waals surface area contributed by atoms with Crippen molar-refractivity contribution in [2.24, 2.45) is 8.73 Å². The largest absolute Gasteiger partial charge is 0.242 e. The smallest absolute Gasteiger partial charge is 0.211 e. The minimum absolute atomic E-state index is 0.211. The Hall–Kier alpha value is -0.320. The number of unbranched alkanes of at least 4 members (excludes halogenated alkanes) is 1. The molecule has 0 saturated heterocycles. The van der Waals surface area contributed by atoms with Gasteiger partial charge >= 0.3 is 0 Å². The molecule has 0 atom stereocenters. The molecule has 0 aliphatic carbocycles. The van der Waals surface area contributed by atoms with Crippen molar-refractivity contribution in [3.8, 4) is 0 Å². The minimum atomic E-state index is -3.49. The second kappa shape index (κ2) is 6.22. The van der Waals surface area contributed by atoms with Gasteiger partial charge in [0.2, 0.25) is 10.0 Å². The van der Waals surface area contributed by atoms with E-state index in [1.807, 2.05) is 0 Å². The monoisotopic (exact) mass is 397 g/mol. The number of fused-ring (bicyclic) bond motifs is 1. The number of benzene rings is 1. The Kier molecular flexibility index (Phi) is 4.87. The molecule has 0 fully saturated rings. The van der Waals surface area contributed by atoms with Crippen LogP contribution >= 0.6 is 22.6 Å². The molecule has 0 spiro atoms. The molecule has 8 heteroatoms. The Morgan fingerprint density at radius 2 is 2.11 bits per heavy atom. The van der Waals surface area contributed by atoms with Crippen molar-refractivity contribution >= 4 is 55.3 Å². The van der Waals surface area contributed by atoms with Crippen molar-refractivity contribution in [1.82, 2.24) is 4.72 Å². The third-order valence-corrected chi connectivity index (χ3v) is 5.19. The highest BCUT2D eigenvalue weighted by Gasteiger charge is 2.21. The molecule has 1 aliphatic heterocycles. The van der Waals surface area contributed by atoms with Gasteiger partial charge in [-0.15, -0.1) is 0 Å². The molecule has 0 radical (unpaired) electrons. The van der Waals surface area contributed by atoms with Crippen LogP contribution in [-0.2, 0) is 21.4 Å². The Balaban J connectivity index is 2.16. The Bertz CT molecular complexity index is 610. The third-order valence-electron chi connectivity index (χ3n) is 2.39. The zero-order valence-corrected chi connectivity index (χ0v) is 13.3. The molecule has 5 nitrogen and oxygen atoms in total. The molecule has 0 unspecified atom stereocenters. The second-order valence-corrected chi connectivity index (χ2v) is 7.02. The van der Waals surface area contributed by atoms with E-state index in [0.29, 0.717) is 17.9 Å². The van der Waals surface area contributed by atoms with Crippen LogP contribution < -0.4 is 4.72 Å². The average Bonchev–Trinajstić information content (AvgIpc) is 2.82. The summed E-state index contributed by atoms with van der Waals surface area (Å²) in [7, 11) is -3.49. The molecule has 98 valence electrons. The number of alkyl halides is 1. The average molecular weight is 397 g/mol. The van der Waals surface area contributed by atoms with E-state index in [1.165, 1.54) is 0 Å². The molecule has 1 heterocycles. The molecule has 0 amide bonds. The van der Waals surface area contributed by atoms with Gasteiger partial charge in [-0.1, -0.05) is 28.7 Å². The van der Waals surface area contributed by atoms with E-state index < -0.39 is 10.0 Å². The van der Waals surface area contributed by atoms with E-state index in [2.05, 4.69) is 36.0 Å². The lowest BCUT2D eigenvalue weighted by atomic mass is 10.3. The molecule has 1 N–H and O–H groups in total. The van der Waals surface area contributed by atoms with Crippen LogP contribution in [0.2, 0.25) is 0 Å². The number of rotatable bonds is 6. The number of nitrogens with one attached hydrogen (secondary N) is 1. The van der Waals surface area contributed by atoms with Crippen molar-refractivity contribution < 1.29 is 8.42 Å². The molecule has 18 heavy (non-hydrogen) atoms. The number of hydrogen-bond acceptors (Lipinski definition) is 4. The fourth-order valence-corrected chi connectivity index (χ4v) is 3.88. The maximum Gasteiger partial charge on any atom is 0.242 e. The van der Waals surface area contributed by atoms with Crippen LogP contribution in [0.15, 0.2) is 31.8 Å². The lowest BCUT2D eigenvalue weighted by Crippen LogP contribution is -2.24. The van der Waals surface area contributed by atoms with Gasteiger partial charge in [0.1, 0.15) is 16.3 Å². The molecule has 0 aromatic heterocycles. The summed E-state index contributed by atoms with van der Waals surface area (Å²) in [5.74, 6) is 0. The summed E-state index contributed by atoms with van der Waals surface area (Å²) in [6, 6.07) is 5.00. The predicted molar refractivity (Wildman–Crippen MR) is 81.3 cm³/mol. The number of sulfonamides is 1. The van der Waals surface area contributed by atoms with Crippen LogP contribution in [-0.4, -0.2) is 19.4 Å². The van der Waals surface area contributed by atoms with Crippen molar-refractivity contribution in [3.05, 3.63) is 18.2 Å². The number of halogens is 1. The van der Waals surface area contributed by atoms with Gasteiger partial charge < -0.3 is 0 Å². The first kappa shape index (κ1) is 14.1. The van der Waals surface area contributed by atoms with E-state index in [-0.39, 0.29) is 4.90 Å². The van der Waals surface area contributed by atoms with E-state index in [9.17, 15) is 8.42 Å². The summed E-state index contributed by atoms with van der Waals surface area (Å²) in [5, 5.41) is 0. The number of nitrogens with zero attached hydrogens (tertiary/aromatic N) is 2. The van der Waals surface area contributed by atoms with Crippen LogP contribution in [0.3, 0.4) is 0 Å². The summed E-state index contributed by atoms with van der Waals surface area (Å²) in [6.45, 7) is 0.458. The molecular formula is C10H12IN3O2S2. The Morgan fingerprint density at radius 1 is 1.28 bits per heavy atom. The Labute approximate surface area is 123 Å². The normalized spacial score (nSPS) is 13.4. The van der Waals surface area contributed by atoms with Crippen molar-refractivity contribution in [2.45, 2.75) is 17.7 Å². The van der Waals surface area contributed by atoms with Crippen LogP contribution in [0.5, 0.6) is 0 Å². The fourth-order valence-electron chi connectivity index (χ4n) is 1.50. The lowest BCUT2D eigenvalue weighted by molar-refractivity contribution is 0.579. The van der Waals surface area contributed by atoms with Crippen LogP contribution in [0, 0.1) is 0 Å². The molecule has 0 bridgehead atoms. The van der Waals surface area contributed by atoms with Gasteiger partial charge in [-0.3, -0.25) is 0 Å². The van der Waals surface area contributed by atoms with Gasteiger partial charge in [0.15, 0.2) is 0 Å². The van der Waals surface area contributed by atoms with E-state index >= 15 is 0 Å². The van der Waals surface area contributed by atoms with Gasteiger partial charge in [-0.25, -0.2) is 13.1 Å². The summed E-state index contributed by atoms with van der Waals surface area (Å²) >= 11 is 3.30. The molecular weight excluding hydrogens is 385 g/mol. The van der Waals surface area contributed by atoms with E-state index in [4.69, 9.17) is 0 Å². The zero-order chi connectivity index (χ0) is 13.0. The minimum Gasteiger partial charge on any atom is -0.211 e. The van der Waals surface area contributed by atoms with Crippen molar-refractivity contribution in [3.63, 3.8) is 0 Å². The van der Waals surface area contributed by atoms with Gasteiger partial charge in [0.05, 0.1) is 11.4 Å². The summed E-state index contributed by atoms with van der Waals surface area (Å²) in [6.07, 6.45) is 1.85. The van der Waals surface area contributed by atoms with Crippen molar-refractivity contribution in [1.29, 1.82) is 0 Å². The van der Waals surface area contributed by atoms with Gasteiger partial charge in [-0.05, 0) is 29.4 Å². The standard InChI is InChI=1S/C10H12IN3O2S2/c11-6-1-2-7-12-18(15,16)9-5-3-4-8-10(9)14-17-13-8/h3-5,12H,1-2,6-7H2. The molecule has 1 aliphatic rings. The molecule has 1 aromatic carbocycles. The molecule has 0 saturated carbocycles. The summed E-state index contributed by atoms with van der Waals surface area (Å²) in [5.41, 5.74) is 1.07. The first-order chi connectivity index (χ1) is 8.65. The first-order valence-electron chi connectivity index (χ1n) is 5.42. The molecule has 2 rings (SSSR count). The van der Waals surface area contributed by atoms with Gasteiger partial charge in [-0.2, -0.15) is 8.73 Å². The van der Waals surface area contributed by atoms with Gasteiger partial charge in [0.25, 0.3) is 0 Å². The van der Waals surface area contributed by atoms with E-state index in [0.717, 1.165) is 28.6 Å². The van der Waals surface area contributed by atoms with Gasteiger partial charge in [0, 0.05) is 6.54 Å². The van der Waals surface area contributed by atoms with Crippen molar-refractivity contribution in [2.75, 3.05) is 11.0 Å². The van der Waals surface area contributed by atoms with Crippen LogP contribution in [0.4, 0.5) is 11.4 Å². The van der Waals surface area contributed by atoms with Crippen LogP contribution in [0.1, 0.15) is 12.8 Å². The zero-order valence-electron chi connectivity index (χ0n) is 9.47. The maximum atomic E-state index is 12.1.